The normalized spacial score (nSPS) is 14.1. The molecule has 0 saturated heterocycles. The zero-order valence-electron chi connectivity index (χ0n) is 8.98. The van der Waals surface area contributed by atoms with E-state index in [2.05, 4.69) is 0 Å². The summed E-state index contributed by atoms with van der Waals surface area (Å²) in [5, 5.41) is 9.89. The van der Waals surface area contributed by atoms with Crippen molar-refractivity contribution < 1.29 is 19.4 Å². The minimum absolute atomic E-state index is 0.338. The molecule has 1 rings (SSSR count). The first-order chi connectivity index (χ1) is 7.06. The smallest absolute Gasteiger partial charge is 0.156 e. The van der Waals surface area contributed by atoms with Crippen molar-refractivity contribution in [2.75, 3.05) is 14.2 Å². The predicted molar refractivity (Wildman–Crippen MR) is 55.2 cm³/mol. The summed E-state index contributed by atoms with van der Waals surface area (Å²) in [6, 6.07) is 5.05. The van der Waals surface area contributed by atoms with E-state index in [0.717, 1.165) is 0 Å². The fraction of sp³-hybridized carbons (Fsp3) is 0.364. The van der Waals surface area contributed by atoms with E-state index in [4.69, 9.17) is 9.47 Å². The zero-order chi connectivity index (χ0) is 11.5. The highest BCUT2D eigenvalue weighted by atomic mass is 16.5. The van der Waals surface area contributed by atoms with E-state index < -0.39 is 5.60 Å². The monoisotopic (exact) mass is 210 g/mol. The summed E-state index contributed by atoms with van der Waals surface area (Å²) < 4.78 is 10.2. The van der Waals surface area contributed by atoms with Gasteiger partial charge in [-0.3, -0.25) is 4.79 Å². The Morgan fingerprint density at radius 2 is 1.73 bits per heavy atom. The van der Waals surface area contributed by atoms with Crippen LogP contribution in [0, 0.1) is 0 Å². The molecule has 0 fully saturated rings. The number of aldehydes is 1. The number of methoxy groups -OCH3 is 2. The standard InChI is InChI=1S/C11H14O4/c1-11(13,7-12)10-8(14-2)5-4-6-9(10)15-3/h4-7,13H,1-3H3. The summed E-state index contributed by atoms with van der Waals surface area (Å²) in [5.41, 5.74) is -1.28. The molecule has 1 atom stereocenters. The zero-order valence-corrected chi connectivity index (χ0v) is 8.98. The van der Waals surface area contributed by atoms with Crippen molar-refractivity contribution in [1.82, 2.24) is 0 Å². The topological polar surface area (TPSA) is 55.8 Å². The second-order valence-electron chi connectivity index (χ2n) is 3.30. The Bertz CT molecular complexity index is 335. The van der Waals surface area contributed by atoms with Gasteiger partial charge in [0, 0.05) is 0 Å². The van der Waals surface area contributed by atoms with Gasteiger partial charge < -0.3 is 14.6 Å². The maximum absolute atomic E-state index is 10.8. The lowest BCUT2D eigenvalue weighted by molar-refractivity contribution is -0.123. The average molecular weight is 210 g/mol. The van der Waals surface area contributed by atoms with Crippen molar-refractivity contribution >= 4 is 6.29 Å². The quantitative estimate of drug-likeness (QED) is 0.756. The van der Waals surface area contributed by atoms with Crippen LogP contribution in [0.15, 0.2) is 18.2 Å². The van der Waals surface area contributed by atoms with E-state index in [-0.39, 0.29) is 0 Å². The minimum Gasteiger partial charge on any atom is -0.496 e. The molecule has 0 aromatic heterocycles. The fourth-order valence-corrected chi connectivity index (χ4v) is 1.41. The fourth-order valence-electron chi connectivity index (χ4n) is 1.41. The van der Waals surface area contributed by atoms with E-state index in [1.165, 1.54) is 21.1 Å². The molecule has 1 aromatic rings. The van der Waals surface area contributed by atoms with Crippen LogP contribution in [-0.4, -0.2) is 25.6 Å². The van der Waals surface area contributed by atoms with Gasteiger partial charge in [0.05, 0.1) is 19.8 Å². The van der Waals surface area contributed by atoms with Gasteiger partial charge in [0.15, 0.2) is 6.29 Å². The van der Waals surface area contributed by atoms with Crippen LogP contribution in [0.5, 0.6) is 11.5 Å². The summed E-state index contributed by atoms with van der Waals surface area (Å²) in [4.78, 5) is 10.8. The second-order valence-corrected chi connectivity index (χ2v) is 3.30. The van der Waals surface area contributed by atoms with Gasteiger partial charge in [-0.25, -0.2) is 0 Å². The van der Waals surface area contributed by atoms with E-state index >= 15 is 0 Å². The van der Waals surface area contributed by atoms with Gasteiger partial charge in [0.2, 0.25) is 0 Å². The molecule has 0 aliphatic heterocycles. The van der Waals surface area contributed by atoms with E-state index in [1.54, 1.807) is 18.2 Å². The molecule has 0 aliphatic carbocycles. The summed E-state index contributed by atoms with van der Waals surface area (Å²) in [6.07, 6.45) is 0.452. The molecule has 1 N–H and O–H groups in total. The molecule has 1 unspecified atom stereocenters. The van der Waals surface area contributed by atoms with Crippen LogP contribution in [0.1, 0.15) is 12.5 Å². The van der Waals surface area contributed by atoms with Crippen LogP contribution in [-0.2, 0) is 10.4 Å². The lowest BCUT2D eigenvalue weighted by Gasteiger charge is -2.21. The van der Waals surface area contributed by atoms with Gasteiger partial charge in [-0.1, -0.05) is 6.07 Å². The first-order valence-corrected chi connectivity index (χ1v) is 4.47. The second kappa shape index (κ2) is 4.31. The highest BCUT2D eigenvalue weighted by Gasteiger charge is 2.30. The Morgan fingerprint density at radius 1 is 1.27 bits per heavy atom. The molecule has 0 saturated carbocycles. The third kappa shape index (κ3) is 2.10. The molecule has 0 aliphatic rings. The summed E-state index contributed by atoms with van der Waals surface area (Å²) in [7, 11) is 2.94. The van der Waals surface area contributed by atoms with E-state index in [9.17, 15) is 9.90 Å². The number of carbonyl (C=O) groups is 1. The van der Waals surface area contributed by atoms with Crippen molar-refractivity contribution in [1.29, 1.82) is 0 Å². The number of benzene rings is 1. The Morgan fingerprint density at radius 3 is 2.07 bits per heavy atom. The number of ether oxygens (including phenoxy) is 2. The number of aliphatic hydroxyl groups is 1. The summed E-state index contributed by atoms with van der Waals surface area (Å²) in [5.74, 6) is 0.845. The maximum Gasteiger partial charge on any atom is 0.156 e. The first kappa shape index (κ1) is 11.5. The third-order valence-electron chi connectivity index (χ3n) is 2.16. The van der Waals surface area contributed by atoms with E-state index in [0.29, 0.717) is 23.3 Å². The highest BCUT2D eigenvalue weighted by Crippen LogP contribution is 2.36. The lowest BCUT2D eigenvalue weighted by Crippen LogP contribution is -2.24. The molecule has 0 spiro atoms. The molecule has 0 amide bonds. The van der Waals surface area contributed by atoms with Crippen LogP contribution in [0.2, 0.25) is 0 Å². The molecule has 0 radical (unpaired) electrons. The summed E-state index contributed by atoms with van der Waals surface area (Å²) in [6.45, 7) is 1.39. The largest absolute Gasteiger partial charge is 0.496 e. The van der Waals surface area contributed by atoms with Crippen LogP contribution in [0.3, 0.4) is 0 Å². The van der Waals surface area contributed by atoms with Crippen molar-refractivity contribution in [3.63, 3.8) is 0 Å². The molecular weight excluding hydrogens is 196 g/mol. The predicted octanol–water partition coefficient (Wildman–Crippen LogP) is 1.11. The van der Waals surface area contributed by atoms with Crippen molar-refractivity contribution in [2.24, 2.45) is 0 Å². The van der Waals surface area contributed by atoms with Crippen LogP contribution >= 0.6 is 0 Å². The molecule has 0 bridgehead atoms. The average Bonchev–Trinajstić information content (AvgIpc) is 2.27. The van der Waals surface area contributed by atoms with Crippen molar-refractivity contribution in [3.8, 4) is 11.5 Å². The van der Waals surface area contributed by atoms with Gasteiger partial charge >= 0.3 is 0 Å². The first-order valence-electron chi connectivity index (χ1n) is 4.47. The Balaban J connectivity index is 3.40. The highest BCUT2D eigenvalue weighted by molar-refractivity contribution is 5.70. The van der Waals surface area contributed by atoms with Crippen LogP contribution in [0.25, 0.3) is 0 Å². The number of rotatable bonds is 4. The Hall–Kier alpha value is -1.55. The lowest BCUT2D eigenvalue weighted by atomic mass is 9.95. The number of hydrogen-bond acceptors (Lipinski definition) is 4. The van der Waals surface area contributed by atoms with Crippen molar-refractivity contribution in [3.05, 3.63) is 23.8 Å². The molecular formula is C11H14O4. The van der Waals surface area contributed by atoms with Crippen molar-refractivity contribution in [2.45, 2.75) is 12.5 Å². The van der Waals surface area contributed by atoms with Gasteiger partial charge in [-0.2, -0.15) is 0 Å². The number of hydrogen-bond donors (Lipinski definition) is 1. The number of carbonyl (C=O) groups excluding carboxylic acids is 1. The maximum atomic E-state index is 10.8. The molecule has 82 valence electrons. The van der Waals surface area contributed by atoms with Gasteiger partial charge in [0.25, 0.3) is 0 Å². The van der Waals surface area contributed by atoms with Crippen LogP contribution in [0.4, 0.5) is 0 Å². The third-order valence-corrected chi connectivity index (χ3v) is 2.16. The molecule has 15 heavy (non-hydrogen) atoms. The summed E-state index contributed by atoms with van der Waals surface area (Å²) >= 11 is 0. The van der Waals surface area contributed by atoms with E-state index in [1.807, 2.05) is 0 Å². The van der Waals surface area contributed by atoms with Gasteiger partial charge in [0.1, 0.15) is 17.1 Å². The molecule has 0 heterocycles. The Labute approximate surface area is 88.4 Å². The van der Waals surface area contributed by atoms with Gasteiger partial charge in [-0.15, -0.1) is 0 Å². The Kier molecular flexibility index (Phi) is 3.31. The molecule has 1 aromatic carbocycles. The molecule has 4 heteroatoms. The van der Waals surface area contributed by atoms with Crippen LogP contribution < -0.4 is 9.47 Å². The minimum atomic E-state index is -1.61. The van der Waals surface area contributed by atoms with Gasteiger partial charge in [-0.05, 0) is 19.1 Å². The SMILES string of the molecule is COc1cccc(OC)c1C(C)(O)C=O. The molecule has 4 nitrogen and oxygen atoms in total.